The van der Waals surface area contributed by atoms with Crippen molar-refractivity contribution in [3.05, 3.63) is 46.7 Å². The van der Waals surface area contributed by atoms with Gasteiger partial charge in [0.25, 0.3) is 0 Å². The number of alkyl halides is 1. The Labute approximate surface area is 130 Å². The first-order chi connectivity index (χ1) is 10.7. The maximum absolute atomic E-state index is 12.7. The Morgan fingerprint density at radius 3 is 3.00 bits per heavy atom. The Kier molecular flexibility index (Phi) is 3.17. The molecule has 0 radical (unpaired) electrons. The lowest BCUT2D eigenvalue weighted by atomic mass is 9.70. The predicted octanol–water partition coefficient (Wildman–Crippen LogP) is 4.46. The van der Waals surface area contributed by atoms with Crippen LogP contribution >= 0.6 is 0 Å². The summed E-state index contributed by atoms with van der Waals surface area (Å²) in [5, 5.41) is 1.06. The van der Waals surface area contributed by atoms with Gasteiger partial charge < -0.3 is 5.73 Å². The second-order valence-corrected chi connectivity index (χ2v) is 6.77. The summed E-state index contributed by atoms with van der Waals surface area (Å²) in [4.78, 5) is 4.91. The summed E-state index contributed by atoms with van der Waals surface area (Å²) < 4.78 is 12.7. The number of pyridine rings is 1. The number of halogens is 1. The molecule has 0 spiro atoms. The first-order valence-electron chi connectivity index (χ1n) is 8.10. The van der Waals surface area contributed by atoms with Crippen LogP contribution in [0, 0.1) is 12.8 Å². The average molecular weight is 296 g/mol. The maximum atomic E-state index is 12.7. The van der Waals surface area contributed by atoms with Gasteiger partial charge in [-0.2, -0.15) is 0 Å². The van der Waals surface area contributed by atoms with Crippen LogP contribution in [0.3, 0.4) is 0 Å². The van der Waals surface area contributed by atoms with Crippen LogP contribution in [0.15, 0.2) is 29.8 Å². The van der Waals surface area contributed by atoms with Crippen molar-refractivity contribution in [1.29, 1.82) is 0 Å². The Bertz CT molecular complexity index is 779. The molecule has 3 heteroatoms. The second-order valence-electron chi connectivity index (χ2n) is 6.77. The van der Waals surface area contributed by atoms with Crippen molar-refractivity contribution in [3.63, 3.8) is 0 Å². The molecule has 2 atom stereocenters. The maximum Gasteiger partial charge on any atom is 0.0931 e. The molecule has 2 N–H and O–H groups in total. The van der Waals surface area contributed by atoms with E-state index in [1.807, 2.05) is 0 Å². The second kappa shape index (κ2) is 5.08. The molecular weight excluding hydrogens is 275 g/mol. The van der Waals surface area contributed by atoms with Crippen molar-refractivity contribution in [2.75, 3.05) is 12.4 Å². The molecule has 2 aliphatic rings. The minimum absolute atomic E-state index is 0.261. The van der Waals surface area contributed by atoms with Gasteiger partial charge in [0.2, 0.25) is 0 Å². The van der Waals surface area contributed by atoms with Gasteiger partial charge in [0.15, 0.2) is 0 Å². The number of allylic oxidation sites excluding steroid dienone is 2. The quantitative estimate of drug-likeness (QED) is 0.831. The van der Waals surface area contributed by atoms with Gasteiger partial charge in [-0.05, 0) is 56.1 Å². The van der Waals surface area contributed by atoms with E-state index in [2.05, 4.69) is 31.2 Å². The number of hydrogen-bond donors (Lipinski definition) is 1. The summed E-state index contributed by atoms with van der Waals surface area (Å²) in [5.74, 6) is 0.917. The summed E-state index contributed by atoms with van der Waals surface area (Å²) in [6, 6.07) is 6.29. The van der Waals surface area contributed by atoms with Crippen LogP contribution < -0.4 is 5.73 Å². The van der Waals surface area contributed by atoms with Gasteiger partial charge in [0, 0.05) is 22.3 Å². The molecule has 0 amide bonds. The number of anilines is 1. The first-order valence-corrected chi connectivity index (χ1v) is 8.10. The molecule has 2 bridgehead atoms. The van der Waals surface area contributed by atoms with Crippen LogP contribution in [-0.4, -0.2) is 11.7 Å². The van der Waals surface area contributed by atoms with Crippen molar-refractivity contribution >= 4 is 16.6 Å². The highest BCUT2D eigenvalue weighted by molar-refractivity contribution is 5.93. The number of nitrogens with two attached hydrogens (primary N) is 1. The van der Waals surface area contributed by atoms with Crippen molar-refractivity contribution in [2.24, 2.45) is 5.92 Å². The van der Waals surface area contributed by atoms with E-state index in [1.165, 1.54) is 16.7 Å². The Morgan fingerprint density at radius 2 is 2.18 bits per heavy atom. The molecule has 0 aliphatic heterocycles. The molecular formula is C19H21FN2. The zero-order valence-corrected chi connectivity index (χ0v) is 12.9. The number of rotatable bonds is 2. The van der Waals surface area contributed by atoms with E-state index in [0.717, 1.165) is 41.5 Å². The number of fused-ring (bicyclic) bond motifs is 5. The fourth-order valence-corrected chi connectivity index (χ4v) is 4.23. The number of aromatic nitrogens is 1. The smallest absolute Gasteiger partial charge is 0.0931 e. The monoisotopic (exact) mass is 296 g/mol. The van der Waals surface area contributed by atoms with Gasteiger partial charge >= 0.3 is 0 Å². The molecule has 4 rings (SSSR count). The molecule has 1 heterocycles. The van der Waals surface area contributed by atoms with E-state index in [9.17, 15) is 4.39 Å². The molecule has 2 unspecified atom stereocenters. The molecule has 2 aliphatic carbocycles. The molecule has 1 aromatic carbocycles. The number of aryl methyl sites for hydroxylation is 1. The Morgan fingerprint density at radius 1 is 1.32 bits per heavy atom. The molecule has 2 nitrogen and oxygen atoms in total. The van der Waals surface area contributed by atoms with Gasteiger partial charge in [-0.1, -0.05) is 23.8 Å². The Hall–Kier alpha value is -1.90. The normalized spacial score (nSPS) is 23.3. The first kappa shape index (κ1) is 13.7. The number of nitrogen functional groups attached to an aromatic ring is 1. The lowest BCUT2D eigenvalue weighted by Crippen LogP contribution is -2.24. The van der Waals surface area contributed by atoms with E-state index < -0.39 is 0 Å². The summed E-state index contributed by atoms with van der Waals surface area (Å²) in [5.41, 5.74) is 13.3. The van der Waals surface area contributed by atoms with Gasteiger partial charge in [0.1, 0.15) is 0 Å². The summed E-state index contributed by atoms with van der Waals surface area (Å²) >= 11 is 0. The van der Waals surface area contributed by atoms with Crippen molar-refractivity contribution in [3.8, 4) is 0 Å². The van der Waals surface area contributed by atoms with Crippen LogP contribution in [0.5, 0.6) is 0 Å². The minimum atomic E-state index is -0.261. The molecule has 0 fully saturated rings. The molecule has 0 saturated carbocycles. The minimum Gasteiger partial charge on any atom is -0.398 e. The van der Waals surface area contributed by atoms with Gasteiger partial charge in [0.05, 0.1) is 12.2 Å². The standard InChI is InChI=1S/C19H21FN2/c1-11-2-3-15-16(6-11)22-17-10-13-7-12(4-5-20)8-14(9-13)18(17)19(15)21/h2-3,6-7,13-14H,4-5,8-10H2,1H3,(H2,21,22). The summed E-state index contributed by atoms with van der Waals surface area (Å²) in [6.45, 7) is 1.82. The number of nitrogens with zero attached hydrogens (tertiary/aromatic N) is 1. The van der Waals surface area contributed by atoms with E-state index in [4.69, 9.17) is 10.7 Å². The van der Waals surface area contributed by atoms with E-state index in [0.29, 0.717) is 18.3 Å². The molecule has 1 aromatic heterocycles. The van der Waals surface area contributed by atoms with Crippen LogP contribution in [-0.2, 0) is 6.42 Å². The molecule has 22 heavy (non-hydrogen) atoms. The Balaban J connectivity index is 1.85. The van der Waals surface area contributed by atoms with E-state index in [1.54, 1.807) is 0 Å². The SMILES string of the molecule is Cc1ccc2c(N)c3c(nc2c1)CC1C=C(CCF)CC3C1. The van der Waals surface area contributed by atoms with Gasteiger partial charge in [-0.25, -0.2) is 0 Å². The van der Waals surface area contributed by atoms with Crippen molar-refractivity contribution in [2.45, 2.75) is 38.5 Å². The lowest BCUT2D eigenvalue weighted by molar-refractivity contribution is 0.414. The van der Waals surface area contributed by atoms with Crippen molar-refractivity contribution in [1.82, 2.24) is 4.98 Å². The fraction of sp³-hybridized carbons (Fsp3) is 0.421. The average Bonchev–Trinajstić information content (AvgIpc) is 2.46. The summed E-state index contributed by atoms with van der Waals surface area (Å²) in [7, 11) is 0. The number of benzene rings is 1. The van der Waals surface area contributed by atoms with Crippen LogP contribution in [0.1, 0.15) is 42.0 Å². The van der Waals surface area contributed by atoms with E-state index in [-0.39, 0.29) is 6.67 Å². The third-order valence-electron chi connectivity index (χ3n) is 5.15. The molecule has 114 valence electrons. The van der Waals surface area contributed by atoms with Crippen LogP contribution in [0.4, 0.5) is 10.1 Å². The fourth-order valence-electron chi connectivity index (χ4n) is 4.23. The molecule has 2 aromatic rings. The highest BCUT2D eigenvalue weighted by Gasteiger charge is 2.33. The predicted molar refractivity (Wildman–Crippen MR) is 88.7 cm³/mol. The van der Waals surface area contributed by atoms with Crippen LogP contribution in [0.2, 0.25) is 0 Å². The van der Waals surface area contributed by atoms with E-state index >= 15 is 0 Å². The third kappa shape index (κ3) is 2.11. The lowest BCUT2D eigenvalue weighted by Gasteiger charge is -2.36. The zero-order valence-electron chi connectivity index (χ0n) is 12.9. The third-order valence-corrected chi connectivity index (χ3v) is 5.15. The largest absolute Gasteiger partial charge is 0.398 e. The van der Waals surface area contributed by atoms with Gasteiger partial charge in [-0.3, -0.25) is 9.37 Å². The molecule has 0 saturated heterocycles. The highest BCUT2D eigenvalue weighted by atomic mass is 19.1. The topological polar surface area (TPSA) is 38.9 Å². The zero-order chi connectivity index (χ0) is 15.3. The highest BCUT2D eigenvalue weighted by Crippen LogP contribution is 2.47. The van der Waals surface area contributed by atoms with Crippen LogP contribution in [0.25, 0.3) is 10.9 Å². The summed E-state index contributed by atoms with van der Waals surface area (Å²) in [6.07, 6.45) is 5.87. The number of hydrogen-bond acceptors (Lipinski definition) is 2. The van der Waals surface area contributed by atoms with Gasteiger partial charge in [-0.15, -0.1) is 0 Å². The van der Waals surface area contributed by atoms with Crippen molar-refractivity contribution < 1.29 is 4.39 Å².